The van der Waals surface area contributed by atoms with Crippen molar-refractivity contribution >= 4 is 5.97 Å². The van der Waals surface area contributed by atoms with E-state index in [1.54, 1.807) is 6.07 Å². The van der Waals surface area contributed by atoms with E-state index in [2.05, 4.69) is 10.3 Å². The molecule has 6 heteroatoms. The highest BCUT2D eigenvalue weighted by Gasteiger charge is 2.20. The summed E-state index contributed by atoms with van der Waals surface area (Å²) in [6.07, 6.45) is 0. The average Bonchev–Trinajstić information content (AvgIpc) is 2.73. The zero-order valence-electron chi connectivity index (χ0n) is 9.66. The number of hydrogen-bond acceptors (Lipinski definition) is 4. The van der Waals surface area contributed by atoms with E-state index in [-0.39, 0.29) is 12.2 Å². The predicted octanol–water partition coefficient (Wildman–Crippen LogP) is 1.48. The molecule has 1 aromatic heterocycles. The Morgan fingerprint density at radius 2 is 2.33 bits per heavy atom. The molecule has 90 valence electrons. The van der Waals surface area contributed by atoms with Gasteiger partial charge in [0.1, 0.15) is 12.2 Å². The van der Waals surface area contributed by atoms with Crippen LogP contribution in [0.25, 0.3) is 11.3 Å². The monoisotopic (exact) mass is 242 g/mol. The zero-order chi connectivity index (χ0) is 13.1. The van der Waals surface area contributed by atoms with Crippen LogP contribution in [-0.4, -0.2) is 26.1 Å². The molecule has 0 aliphatic carbocycles. The summed E-state index contributed by atoms with van der Waals surface area (Å²) in [5.41, 5.74) is 1.89. The Labute approximate surface area is 103 Å². The maximum atomic E-state index is 11.1. The first-order valence-corrected chi connectivity index (χ1v) is 5.24. The van der Waals surface area contributed by atoms with E-state index < -0.39 is 5.97 Å². The summed E-state index contributed by atoms with van der Waals surface area (Å²) in [4.78, 5) is 11.1. The fourth-order valence-corrected chi connectivity index (χ4v) is 1.71. The molecule has 1 N–H and O–H groups in total. The summed E-state index contributed by atoms with van der Waals surface area (Å²) in [5.74, 6) is -1.16. The Balaban J connectivity index is 2.63. The van der Waals surface area contributed by atoms with Gasteiger partial charge in [-0.2, -0.15) is 5.26 Å². The van der Waals surface area contributed by atoms with Crippen molar-refractivity contribution < 1.29 is 9.90 Å². The van der Waals surface area contributed by atoms with Crippen LogP contribution in [0.5, 0.6) is 0 Å². The molecule has 0 unspecified atom stereocenters. The molecule has 0 bridgehead atoms. The lowest BCUT2D eigenvalue weighted by molar-refractivity contribution is 0.0691. The lowest BCUT2D eigenvalue weighted by atomic mass is 10.1. The number of carboxylic acids is 1. The van der Waals surface area contributed by atoms with Crippen LogP contribution < -0.4 is 0 Å². The van der Waals surface area contributed by atoms with E-state index in [0.29, 0.717) is 11.3 Å². The van der Waals surface area contributed by atoms with Gasteiger partial charge in [0.25, 0.3) is 0 Å². The molecule has 0 saturated carbocycles. The normalized spacial score (nSPS) is 10.0. The van der Waals surface area contributed by atoms with Gasteiger partial charge in [0.05, 0.1) is 6.07 Å². The van der Waals surface area contributed by atoms with Crippen LogP contribution in [0.4, 0.5) is 0 Å². The van der Waals surface area contributed by atoms with Crippen molar-refractivity contribution in [2.24, 2.45) is 0 Å². The van der Waals surface area contributed by atoms with Crippen molar-refractivity contribution in [2.45, 2.75) is 13.5 Å². The Morgan fingerprint density at radius 3 is 2.94 bits per heavy atom. The molecule has 0 saturated heterocycles. The molecular weight excluding hydrogens is 232 g/mol. The molecule has 0 aliphatic rings. The maximum absolute atomic E-state index is 11.1. The molecule has 0 atom stereocenters. The van der Waals surface area contributed by atoms with Crippen molar-refractivity contribution in [3.63, 3.8) is 0 Å². The van der Waals surface area contributed by atoms with Gasteiger partial charge >= 0.3 is 5.97 Å². The Hall–Kier alpha value is -2.68. The number of nitriles is 1. The third-order valence-electron chi connectivity index (χ3n) is 2.45. The van der Waals surface area contributed by atoms with Gasteiger partial charge in [-0.05, 0) is 13.0 Å². The van der Waals surface area contributed by atoms with Gasteiger partial charge in [0.2, 0.25) is 0 Å². The van der Waals surface area contributed by atoms with Gasteiger partial charge in [-0.1, -0.05) is 29.0 Å². The summed E-state index contributed by atoms with van der Waals surface area (Å²) >= 11 is 0. The second-order valence-electron chi connectivity index (χ2n) is 3.78. The molecule has 0 amide bonds. The SMILES string of the molecule is Cc1cccc(-c2c(C(=O)O)nnn2CC#N)c1. The molecule has 0 radical (unpaired) electrons. The molecule has 2 aromatic rings. The number of aromatic carboxylic acids is 1. The van der Waals surface area contributed by atoms with E-state index in [1.807, 2.05) is 31.2 Å². The van der Waals surface area contributed by atoms with Gasteiger partial charge < -0.3 is 5.11 Å². The standard InChI is InChI=1S/C12H10N4O2/c1-8-3-2-4-9(7-8)11-10(12(17)18)14-15-16(11)6-5-13/h2-4,7H,6H2,1H3,(H,17,18). The largest absolute Gasteiger partial charge is 0.476 e. The average molecular weight is 242 g/mol. The Kier molecular flexibility index (Phi) is 3.06. The molecular formula is C12H10N4O2. The molecule has 18 heavy (non-hydrogen) atoms. The third kappa shape index (κ3) is 2.06. The fourth-order valence-electron chi connectivity index (χ4n) is 1.71. The minimum absolute atomic E-state index is 0.0381. The van der Waals surface area contributed by atoms with Gasteiger partial charge in [0, 0.05) is 5.56 Å². The van der Waals surface area contributed by atoms with Crippen LogP contribution >= 0.6 is 0 Å². The quantitative estimate of drug-likeness (QED) is 0.879. The predicted molar refractivity (Wildman–Crippen MR) is 62.8 cm³/mol. The molecule has 1 aromatic carbocycles. The summed E-state index contributed by atoms with van der Waals surface area (Å²) in [7, 11) is 0. The van der Waals surface area contributed by atoms with E-state index in [4.69, 9.17) is 10.4 Å². The van der Waals surface area contributed by atoms with Crippen LogP contribution in [0.1, 0.15) is 16.1 Å². The molecule has 0 aliphatic heterocycles. The summed E-state index contributed by atoms with van der Waals surface area (Å²) in [6.45, 7) is 1.87. The van der Waals surface area contributed by atoms with Gasteiger partial charge in [-0.3, -0.25) is 0 Å². The second kappa shape index (κ2) is 4.67. The van der Waals surface area contributed by atoms with E-state index in [9.17, 15) is 4.79 Å². The summed E-state index contributed by atoms with van der Waals surface area (Å²) < 4.78 is 1.29. The zero-order valence-corrected chi connectivity index (χ0v) is 9.66. The molecule has 1 heterocycles. The van der Waals surface area contributed by atoms with Crippen molar-refractivity contribution in [2.75, 3.05) is 0 Å². The van der Waals surface area contributed by atoms with Crippen LogP contribution in [0.3, 0.4) is 0 Å². The van der Waals surface area contributed by atoms with E-state index in [1.165, 1.54) is 4.68 Å². The third-order valence-corrected chi connectivity index (χ3v) is 2.45. The summed E-state index contributed by atoms with van der Waals surface area (Å²) in [6, 6.07) is 9.26. The number of carbonyl (C=O) groups is 1. The van der Waals surface area contributed by atoms with Crippen molar-refractivity contribution in [3.8, 4) is 17.3 Å². The lowest BCUT2D eigenvalue weighted by Crippen LogP contribution is -2.04. The van der Waals surface area contributed by atoms with Gasteiger partial charge in [0.15, 0.2) is 5.69 Å². The van der Waals surface area contributed by atoms with Crippen LogP contribution in [0.2, 0.25) is 0 Å². The van der Waals surface area contributed by atoms with Crippen LogP contribution in [0.15, 0.2) is 24.3 Å². The highest BCUT2D eigenvalue weighted by atomic mass is 16.4. The fraction of sp³-hybridized carbons (Fsp3) is 0.167. The van der Waals surface area contributed by atoms with Crippen molar-refractivity contribution in [3.05, 3.63) is 35.5 Å². The Bertz CT molecular complexity index is 640. The summed E-state index contributed by atoms with van der Waals surface area (Å²) in [5, 5.41) is 25.1. The van der Waals surface area contributed by atoms with Crippen LogP contribution in [0, 0.1) is 18.3 Å². The second-order valence-corrected chi connectivity index (χ2v) is 3.78. The number of nitrogens with zero attached hydrogens (tertiary/aromatic N) is 4. The first-order chi connectivity index (χ1) is 8.63. The highest BCUT2D eigenvalue weighted by molar-refractivity contribution is 5.92. The molecule has 0 spiro atoms. The molecule has 0 fully saturated rings. The smallest absolute Gasteiger partial charge is 0.358 e. The number of aromatic nitrogens is 3. The minimum atomic E-state index is -1.16. The van der Waals surface area contributed by atoms with Crippen molar-refractivity contribution in [1.82, 2.24) is 15.0 Å². The number of carboxylic acid groups (broad SMARTS) is 1. The number of aryl methyl sites for hydroxylation is 1. The maximum Gasteiger partial charge on any atom is 0.358 e. The highest BCUT2D eigenvalue weighted by Crippen LogP contribution is 2.23. The number of benzene rings is 1. The lowest BCUT2D eigenvalue weighted by Gasteiger charge is -2.04. The first kappa shape index (κ1) is 11.8. The number of hydrogen-bond donors (Lipinski definition) is 1. The van der Waals surface area contributed by atoms with Gasteiger partial charge in [-0.15, -0.1) is 5.10 Å². The van der Waals surface area contributed by atoms with E-state index >= 15 is 0 Å². The van der Waals surface area contributed by atoms with Crippen LogP contribution in [-0.2, 0) is 6.54 Å². The van der Waals surface area contributed by atoms with E-state index in [0.717, 1.165) is 5.56 Å². The molecule has 2 rings (SSSR count). The Morgan fingerprint density at radius 1 is 1.56 bits per heavy atom. The topological polar surface area (TPSA) is 91.8 Å². The molecule has 6 nitrogen and oxygen atoms in total. The number of rotatable bonds is 3. The minimum Gasteiger partial charge on any atom is -0.476 e. The van der Waals surface area contributed by atoms with Gasteiger partial charge in [-0.25, -0.2) is 9.48 Å². The van der Waals surface area contributed by atoms with Crippen molar-refractivity contribution in [1.29, 1.82) is 5.26 Å². The first-order valence-electron chi connectivity index (χ1n) is 5.24.